The van der Waals surface area contributed by atoms with E-state index in [2.05, 4.69) is 16.7 Å². The SMILES string of the molecule is CNC(=O)NC(=O)COC(=O)c1c2c(nc3ccccc13)/C(=C\c1cccs1)CCC2. The molecule has 0 radical (unpaired) electrons. The molecule has 8 heteroatoms. The Morgan fingerprint density at radius 1 is 1.16 bits per heavy atom. The third-order valence-electron chi connectivity index (χ3n) is 5.05. The average Bonchev–Trinajstić information content (AvgIpc) is 3.29. The highest BCUT2D eigenvalue weighted by atomic mass is 32.1. The van der Waals surface area contributed by atoms with Crippen molar-refractivity contribution in [1.82, 2.24) is 15.6 Å². The number of hydrogen-bond donors (Lipinski definition) is 2. The van der Waals surface area contributed by atoms with Crippen LogP contribution in [0.1, 0.15) is 39.3 Å². The maximum atomic E-state index is 13.1. The van der Waals surface area contributed by atoms with E-state index in [1.165, 1.54) is 7.05 Å². The Morgan fingerprint density at radius 2 is 2.00 bits per heavy atom. The van der Waals surface area contributed by atoms with Crippen LogP contribution in [0.3, 0.4) is 0 Å². The number of para-hydroxylation sites is 1. The van der Waals surface area contributed by atoms with Gasteiger partial charge in [-0.2, -0.15) is 0 Å². The van der Waals surface area contributed by atoms with Crippen molar-refractivity contribution in [1.29, 1.82) is 0 Å². The van der Waals surface area contributed by atoms with E-state index in [4.69, 9.17) is 9.72 Å². The second kappa shape index (κ2) is 9.09. The second-order valence-corrected chi connectivity index (χ2v) is 8.05. The zero-order valence-corrected chi connectivity index (χ0v) is 17.8. The summed E-state index contributed by atoms with van der Waals surface area (Å²) in [6.07, 6.45) is 4.58. The van der Waals surface area contributed by atoms with Crippen LogP contribution in [0, 0.1) is 0 Å². The number of ether oxygens (including phenoxy) is 1. The topological polar surface area (TPSA) is 97.4 Å². The van der Waals surface area contributed by atoms with Gasteiger partial charge in [0.25, 0.3) is 5.91 Å². The number of carbonyl (C=O) groups is 3. The molecule has 3 aromatic rings. The van der Waals surface area contributed by atoms with Crippen LogP contribution in [-0.4, -0.2) is 36.5 Å². The highest BCUT2D eigenvalue weighted by Crippen LogP contribution is 2.36. The number of nitrogens with one attached hydrogen (secondary N) is 2. The van der Waals surface area contributed by atoms with Crippen molar-refractivity contribution in [3.63, 3.8) is 0 Å². The number of allylic oxidation sites excluding steroid dienone is 1. The van der Waals surface area contributed by atoms with Crippen molar-refractivity contribution >= 4 is 51.8 Å². The molecule has 0 atom stereocenters. The lowest BCUT2D eigenvalue weighted by Gasteiger charge is -2.22. The van der Waals surface area contributed by atoms with Crippen molar-refractivity contribution in [2.75, 3.05) is 13.7 Å². The first-order valence-corrected chi connectivity index (χ1v) is 10.8. The minimum Gasteiger partial charge on any atom is -0.452 e. The summed E-state index contributed by atoms with van der Waals surface area (Å²) < 4.78 is 5.27. The summed E-state index contributed by atoms with van der Waals surface area (Å²) in [5.41, 5.74) is 3.86. The number of thiophene rings is 1. The molecule has 0 fully saturated rings. The quantitative estimate of drug-likeness (QED) is 0.608. The van der Waals surface area contributed by atoms with Crippen LogP contribution in [-0.2, 0) is 16.0 Å². The first-order chi connectivity index (χ1) is 15.1. The minimum absolute atomic E-state index is 0.435. The van der Waals surface area contributed by atoms with Crippen molar-refractivity contribution in [2.24, 2.45) is 0 Å². The Morgan fingerprint density at radius 3 is 2.77 bits per heavy atom. The number of amides is 3. The van der Waals surface area contributed by atoms with E-state index in [1.807, 2.05) is 41.8 Å². The van der Waals surface area contributed by atoms with Gasteiger partial charge in [0.15, 0.2) is 6.61 Å². The fraction of sp³-hybridized carbons (Fsp3) is 0.217. The van der Waals surface area contributed by atoms with Gasteiger partial charge in [-0.3, -0.25) is 10.1 Å². The minimum atomic E-state index is -0.696. The Kier molecular flexibility index (Phi) is 6.08. The van der Waals surface area contributed by atoms with E-state index in [1.54, 1.807) is 11.3 Å². The van der Waals surface area contributed by atoms with Crippen LogP contribution in [0.4, 0.5) is 4.79 Å². The molecule has 2 N–H and O–H groups in total. The molecule has 2 heterocycles. The molecule has 31 heavy (non-hydrogen) atoms. The highest BCUT2D eigenvalue weighted by molar-refractivity contribution is 7.10. The molecule has 1 aliphatic carbocycles. The standard InChI is InChI=1S/C23H21N3O4S/c1-24-23(29)26-19(27)13-30-22(28)20-16-8-2-3-10-18(16)25-21-14(6-4-9-17(20)21)12-15-7-5-11-31-15/h2-3,5,7-8,10-12H,4,6,9,13H2,1H3,(H2,24,26,27,29)/b14-12-. The van der Waals surface area contributed by atoms with Gasteiger partial charge < -0.3 is 10.1 Å². The van der Waals surface area contributed by atoms with Crippen molar-refractivity contribution in [3.05, 3.63) is 63.5 Å². The van der Waals surface area contributed by atoms with Crippen LogP contribution in [0.5, 0.6) is 0 Å². The van der Waals surface area contributed by atoms with Gasteiger partial charge in [0.1, 0.15) is 0 Å². The molecule has 0 saturated heterocycles. The molecule has 0 aliphatic heterocycles. The lowest BCUT2D eigenvalue weighted by molar-refractivity contribution is -0.123. The molecule has 7 nitrogen and oxygen atoms in total. The molecular weight excluding hydrogens is 414 g/mol. The first kappa shape index (κ1) is 20.7. The molecule has 1 aliphatic rings. The van der Waals surface area contributed by atoms with Crippen molar-refractivity contribution in [3.8, 4) is 0 Å². The Balaban J connectivity index is 1.72. The third-order valence-corrected chi connectivity index (χ3v) is 5.87. The van der Waals surface area contributed by atoms with Crippen LogP contribution >= 0.6 is 11.3 Å². The fourth-order valence-corrected chi connectivity index (χ4v) is 4.36. The average molecular weight is 436 g/mol. The normalized spacial score (nSPS) is 14.2. The maximum absolute atomic E-state index is 13.1. The van der Waals surface area contributed by atoms with Crippen LogP contribution in [0.2, 0.25) is 0 Å². The second-order valence-electron chi connectivity index (χ2n) is 7.07. The molecule has 1 aromatic carbocycles. The largest absolute Gasteiger partial charge is 0.452 e. The summed E-state index contributed by atoms with van der Waals surface area (Å²) >= 11 is 1.65. The van der Waals surface area contributed by atoms with E-state index in [0.29, 0.717) is 22.9 Å². The Labute approximate surface area is 183 Å². The number of pyridine rings is 1. The van der Waals surface area contributed by atoms with Gasteiger partial charge >= 0.3 is 12.0 Å². The van der Waals surface area contributed by atoms with Gasteiger partial charge in [-0.25, -0.2) is 14.6 Å². The summed E-state index contributed by atoms with van der Waals surface area (Å²) in [6, 6.07) is 10.8. The fourth-order valence-electron chi connectivity index (χ4n) is 3.68. The lowest BCUT2D eigenvalue weighted by Crippen LogP contribution is -2.39. The number of carbonyl (C=O) groups excluding carboxylic acids is 3. The summed E-state index contributed by atoms with van der Waals surface area (Å²) in [6.45, 7) is -0.546. The van der Waals surface area contributed by atoms with E-state index >= 15 is 0 Å². The summed E-state index contributed by atoms with van der Waals surface area (Å²) in [5.74, 6) is -1.29. The zero-order chi connectivity index (χ0) is 21.8. The number of rotatable bonds is 4. The zero-order valence-electron chi connectivity index (χ0n) is 16.9. The van der Waals surface area contributed by atoms with Crippen molar-refractivity contribution < 1.29 is 19.1 Å². The van der Waals surface area contributed by atoms with Gasteiger partial charge in [0.05, 0.1) is 16.8 Å². The Hall–Kier alpha value is -3.52. The molecule has 0 spiro atoms. The van der Waals surface area contributed by atoms with E-state index in [9.17, 15) is 14.4 Å². The number of esters is 1. The smallest absolute Gasteiger partial charge is 0.339 e. The lowest BCUT2D eigenvalue weighted by atomic mass is 9.86. The Bertz CT molecular complexity index is 1190. The van der Waals surface area contributed by atoms with Crippen LogP contribution < -0.4 is 10.6 Å². The number of fused-ring (bicyclic) bond motifs is 2. The third kappa shape index (κ3) is 4.49. The maximum Gasteiger partial charge on any atom is 0.339 e. The van der Waals surface area contributed by atoms with Crippen LogP contribution in [0.15, 0.2) is 41.8 Å². The molecule has 0 unspecified atom stereocenters. The summed E-state index contributed by atoms with van der Waals surface area (Å²) in [7, 11) is 1.39. The summed E-state index contributed by atoms with van der Waals surface area (Å²) in [5, 5.41) is 7.07. The van der Waals surface area contributed by atoms with Gasteiger partial charge in [0.2, 0.25) is 0 Å². The number of nitrogens with zero attached hydrogens (tertiary/aromatic N) is 1. The van der Waals surface area contributed by atoms with E-state index in [-0.39, 0.29) is 0 Å². The number of urea groups is 1. The van der Waals surface area contributed by atoms with Crippen LogP contribution in [0.25, 0.3) is 22.6 Å². The first-order valence-electron chi connectivity index (χ1n) is 9.91. The molecule has 4 rings (SSSR count). The van der Waals surface area contributed by atoms with Gasteiger partial charge in [0, 0.05) is 17.3 Å². The summed E-state index contributed by atoms with van der Waals surface area (Å²) in [4.78, 5) is 42.2. The van der Waals surface area contributed by atoms with Gasteiger partial charge in [-0.05, 0) is 54.0 Å². The molecular formula is C23H21N3O4S. The predicted octanol–water partition coefficient (Wildman–Crippen LogP) is 3.79. The molecule has 0 saturated carbocycles. The highest BCUT2D eigenvalue weighted by Gasteiger charge is 2.26. The molecule has 3 amide bonds. The number of hydrogen-bond acceptors (Lipinski definition) is 6. The molecule has 158 valence electrons. The number of aromatic nitrogens is 1. The monoisotopic (exact) mass is 435 g/mol. The van der Waals surface area contributed by atoms with E-state index in [0.717, 1.165) is 34.5 Å². The van der Waals surface area contributed by atoms with Gasteiger partial charge in [-0.1, -0.05) is 24.3 Å². The van der Waals surface area contributed by atoms with E-state index < -0.39 is 24.5 Å². The molecule has 2 aromatic heterocycles. The number of imide groups is 1. The van der Waals surface area contributed by atoms with Gasteiger partial charge in [-0.15, -0.1) is 11.3 Å². The molecule has 0 bridgehead atoms. The number of benzene rings is 1. The predicted molar refractivity (Wildman–Crippen MR) is 120 cm³/mol. The van der Waals surface area contributed by atoms with Crippen molar-refractivity contribution in [2.45, 2.75) is 19.3 Å².